The van der Waals surface area contributed by atoms with Crippen LogP contribution in [0.3, 0.4) is 0 Å². The van der Waals surface area contributed by atoms with Gasteiger partial charge >= 0.3 is 5.97 Å². The van der Waals surface area contributed by atoms with Crippen molar-refractivity contribution in [2.45, 2.75) is 52.5 Å². The average molecular weight is 293 g/mol. The molecule has 0 unspecified atom stereocenters. The van der Waals surface area contributed by atoms with Gasteiger partial charge in [-0.2, -0.15) is 0 Å². The van der Waals surface area contributed by atoms with Gasteiger partial charge in [0.15, 0.2) is 0 Å². The number of rotatable bonds is 3. The van der Waals surface area contributed by atoms with E-state index < -0.39 is 5.97 Å². The Labute approximate surface area is 124 Å². The standard InChI is InChI=1S/C16H23NO2S/c1-16(2,3)11-4-6-12(7-5-11)17-10-13-8-9-14(20-13)15(18)19/h8-12H,4-7H2,1-3H3,(H,18,19). The molecule has 0 saturated heterocycles. The van der Waals surface area contributed by atoms with Crippen molar-refractivity contribution in [3.05, 3.63) is 21.9 Å². The molecule has 0 aromatic carbocycles. The molecule has 1 N–H and O–H groups in total. The van der Waals surface area contributed by atoms with E-state index in [0.717, 1.165) is 23.6 Å². The lowest BCUT2D eigenvalue weighted by atomic mass is 9.71. The molecule has 4 heteroatoms. The van der Waals surface area contributed by atoms with Crippen molar-refractivity contribution in [1.29, 1.82) is 0 Å². The Hall–Kier alpha value is -1.16. The van der Waals surface area contributed by atoms with Crippen LogP contribution in [0.15, 0.2) is 17.1 Å². The number of hydrogen-bond acceptors (Lipinski definition) is 3. The monoisotopic (exact) mass is 293 g/mol. The number of carboxylic acid groups (broad SMARTS) is 1. The van der Waals surface area contributed by atoms with Crippen LogP contribution in [-0.4, -0.2) is 23.3 Å². The summed E-state index contributed by atoms with van der Waals surface area (Å²) in [4.78, 5) is 16.8. The Kier molecular flexibility index (Phi) is 4.63. The minimum Gasteiger partial charge on any atom is -0.477 e. The van der Waals surface area contributed by atoms with E-state index in [1.54, 1.807) is 6.07 Å². The highest BCUT2D eigenvalue weighted by molar-refractivity contribution is 7.15. The summed E-state index contributed by atoms with van der Waals surface area (Å²) < 4.78 is 0. The van der Waals surface area contributed by atoms with Crippen LogP contribution in [-0.2, 0) is 0 Å². The molecular formula is C16H23NO2S. The van der Waals surface area contributed by atoms with E-state index in [4.69, 9.17) is 5.11 Å². The molecule has 1 saturated carbocycles. The molecular weight excluding hydrogens is 270 g/mol. The molecule has 2 rings (SSSR count). The smallest absolute Gasteiger partial charge is 0.345 e. The summed E-state index contributed by atoms with van der Waals surface area (Å²) in [5, 5.41) is 8.89. The normalized spacial score (nSPS) is 24.1. The van der Waals surface area contributed by atoms with Gasteiger partial charge in [-0.15, -0.1) is 11.3 Å². The Bertz CT molecular complexity index is 491. The maximum atomic E-state index is 10.8. The summed E-state index contributed by atoms with van der Waals surface area (Å²) in [6, 6.07) is 3.88. The molecule has 0 spiro atoms. The minimum absolute atomic E-state index is 0.378. The van der Waals surface area contributed by atoms with Crippen LogP contribution in [0.25, 0.3) is 0 Å². The van der Waals surface area contributed by atoms with Gasteiger partial charge < -0.3 is 5.11 Å². The van der Waals surface area contributed by atoms with Crippen molar-refractivity contribution in [3.8, 4) is 0 Å². The van der Waals surface area contributed by atoms with E-state index in [9.17, 15) is 4.79 Å². The predicted molar refractivity (Wildman–Crippen MR) is 84.1 cm³/mol. The van der Waals surface area contributed by atoms with E-state index in [1.165, 1.54) is 24.2 Å². The van der Waals surface area contributed by atoms with Gasteiger partial charge in [0, 0.05) is 17.1 Å². The lowest BCUT2D eigenvalue weighted by Gasteiger charge is -2.35. The molecule has 1 heterocycles. The summed E-state index contributed by atoms with van der Waals surface area (Å²) in [5.41, 5.74) is 0.402. The minimum atomic E-state index is -0.861. The number of thiophene rings is 1. The van der Waals surface area contributed by atoms with Crippen LogP contribution in [0.2, 0.25) is 0 Å². The summed E-state index contributed by atoms with van der Waals surface area (Å²) in [6.45, 7) is 6.96. The molecule has 20 heavy (non-hydrogen) atoms. The van der Waals surface area contributed by atoms with E-state index in [-0.39, 0.29) is 0 Å². The zero-order chi connectivity index (χ0) is 14.8. The number of aromatic carboxylic acids is 1. The van der Waals surface area contributed by atoms with Crippen molar-refractivity contribution in [1.82, 2.24) is 0 Å². The molecule has 0 atom stereocenters. The third-order valence-corrected chi connectivity index (χ3v) is 5.18. The van der Waals surface area contributed by atoms with Crippen molar-refractivity contribution in [2.24, 2.45) is 16.3 Å². The first-order valence-electron chi connectivity index (χ1n) is 7.22. The molecule has 1 aromatic heterocycles. The largest absolute Gasteiger partial charge is 0.477 e. The first kappa shape index (κ1) is 15.2. The van der Waals surface area contributed by atoms with Crippen molar-refractivity contribution >= 4 is 23.5 Å². The Morgan fingerprint density at radius 1 is 1.30 bits per heavy atom. The summed E-state index contributed by atoms with van der Waals surface area (Å²) in [6.07, 6.45) is 6.64. The molecule has 1 aliphatic carbocycles. The van der Waals surface area contributed by atoms with Gasteiger partial charge in [-0.1, -0.05) is 20.8 Å². The third kappa shape index (κ3) is 3.92. The predicted octanol–water partition coefficient (Wildman–Crippen LogP) is 4.47. The fourth-order valence-electron chi connectivity index (χ4n) is 2.81. The van der Waals surface area contributed by atoms with E-state index in [2.05, 4.69) is 25.8 Å². The number of carboxylic acids is 1. The highest BCUT2D eigenvalue weighted by atomic mass is 32.1. The summed E-state index contributed by atoms with van der Waals surface area (Å²) >= 11 is 1.29. The van der Waals surface area contributed by atoms with Crippen LogP contribution in [0.4, 0.5) is 0 Å². The van der Waals surface area contributed by atoms with Crippen LogP contribution >= 0.6 is 11.3 Å². The molecule has 0 radical (unpaired) electrons. The lowest BCUT2D eigenvalue weighted by molar-refractivity contribution is 0.0702. The highest BCUT2D eigenvalue weighted by Gasteiger charge is 2.29. The van der Waals surface area contributed by atoms with Gasteiger partial charge in [-0.3, -0.25) is 4.99 Å². The van der Waals surface area contributed by atoms with E-state index >= 15 is 0 Å². The molecule has 3 nitrogen and oxygen atoms in total. The van der Waals surface area contributed by atoms with Crippen molar-refractivity contribution in [2.75, 3.05) is 0 Å². The topological polar surface area (TPSA) is 49.7 Å². The second-order valence-corrected chi connectivity index (χ2v) is 7.77. The Morgan fingerprint density at radius 2 is 1.95 bits per heavy atom. The zero-order valence-corrected chi connectivity index (χ0v) is 13.2. The Balaban J connectivity index is 1.88. The number of carbonyl (C=O) groups is 1. The first-order valence-corrected chi connectivity index (χ1v) is 8.04. The first-order chi connectivity index (χ1) is 9.36. The van der Waals surface area contributed by atoms with E-state index in [0.29, 0.717) is 16.3 Å². The third-order valence-electron chi connectivity index (χ3n) is 4.17. The van der Waals surface area contributed by atoms with Gasteiger partial charge in [0.05, 0.1) is 0 Å². The number of aliphatic imine (C=N–C) groups is 1. The SMILES string of the molecule is CC(C)(C)C1CCC(N=Cc2ccc(C(=O)O)s2)CC1. The van der Waals surface area contributed by atoms with Gasteiger partial charge in [0.2, 0.25) is 0 Å². The number of nitrogens with zero attached hydrogens (tertiary/aromatic N) is 1. The summed E-state index contributed by atoms with van der Waals surface area (Å²) in [5.74, 6) is -0.0605. The van der Waals surface area contributed by atoms with Gasteiger partial charge in [0.1, 0.15) is 4.88 Å². The second kappa shape index (κ2) is 6.08. The summed E-state index contributed by atoms with van der Waals surface area (Å²) in [7, 11) is 0. The average Bonchev–Trinajstić information content (AvgIpc) is 2.85. The Morgan fingerprint density at radius 3 is 2.45 bits per heavy atom. The highest BCUT2D eigenvalue weighted by Crippen LogP contribution is 2.38. The van der Waals surface area contributed by atoms with Crippen LogP contribution < -0.4 is 0 Å². The van der Waals surface area contributed by atoms with Gasteiger partial charge in [0.25, 0.3) is 0 Å². The lowest BCUT2D eigenvalue weighted by Crippen LogP contribution is -2.27. The molecule has 110 valence electrons. The molecule has 1 aromatic rings. The fourth-order valence-corrected chi connectivity index (χ4v) is 3.53. The van der Waals surface area contributed by atoms with Crippen molar-refractivity contribution in [3.63, 3.8) is 0 Å². The van der Waals surface area contributed by atoms with Gasteiger partial charge in [-0.25, -0.2) is 4.79 Å². The van der Waals surface area contributed by atoms with Gasteiger partial charge in [-0.05, 0) is 49.1 Å². The molecule has 1 aliphatic rings. The maximum Gasteiger partial charge on any atom is 0.345 e. The van der Waals surface area contributed by atoms with E-state index in [1.807, 2.05) is 12.3 Å². The number of hydrogen-bond donors (Lipinski definition) is 1. The fraction of sp³-hybridized carbons (Fsp3) is 0.625. The quantitative estimate of drug-likeness (QED) is 0.836. The molecule has 1 fully saturated rings. The molecule has 0 amide bonds. The maximum absolute atomic E-state index is 10.8. The van der Waals surface area contributed by atoms with Crippen LogP contribution in [0.5, 0.6) is 0 Å². The second-order valence-electron chi connectivity index (χ2n) is 6.66. The molecule has 0 bridgehead atoms. The van der Waals surface area contributed by atoms with Crippen LogP contribution in [0, 0.1) is 11.3 Å². The van der Waals surface area contributed by atoms with Crippen molar-refractivity contribution < 1.29 is 9.90 Å². The molecule has 0 aliphatic heterocycles. The van der Waals surface area contributed by atoms with Crippen LogP contribution in [0.1, 0.15) is 61.0 Å². The zero-order valence-electron chi connectivity index (χ0n) is 12.4.